The summed E-state index contributed by atoms with van der Waals surface area (Å²) in [5, 5.41) is 10.1. The van der Waals surface area contributed by atoms with Crippen molar-refractivity contribution in [2.45, 2.75) is 19.8 Å². The van der Waals surface area contributed by atoms with Crippen LogP contribution >= 0.6 is 11.6 Å². The van der Waals surface area contributed by atoms with Gasteiger partial charge in [-0.15, -0.1) is 0 Å². The second kappa shape index (κ2) is 6.37. The van der Waals surface area contributed by atoms with Gasteiger partial charge in [-0.2, -0.15) is 0 Å². The number of halogens is 3. The highest BCUT2D eigenvalue weighted by Crippen LogP contribution is 2.34. The normalized spacial score (nSPS) is 10.6. The summed E-state index contributed by atoms with van der Waals surface area (Å²) in [6, 6.07) is 1.00. The number of nitrogens with zero attached hydrogens (tertiary/aromatic N) is 2. The molecule has 0 aromatic carbocycles. The molecule has 0 radical (unpaired) electrons. The summed E-state index contributed by atoms with van der Waals surface area (Å²) in [5.41, 5.74) is -2.12. The van der Waals surface area contributed by atoms with E-state index in [-0.39, 0.29) is 18.7 Å². The maximum absolute atomic E-state index is 12.7. The average molecular weight is 295 g/mol. The van der Waals surface area contributed by atoms with Crippen LogP contribution in [0.3, 0.4) is 0 Å². The summed E-state index contributed by atoms with van der Waals surface area (Å²) in [6.45, 7) is 1.71. The Bertz CT molecular complexity index is 511. The van der Waals surface area contributed by atoms with Gasteiger partial charge in [0, 0.05) is 0 Å². The molecule has 1 aromatic heterocycles. The number of ether oxygens (including phenoxy) is 1. The number of carbonyl (C=O) groups excluding carboxylic acids is 1. The first-order chi connectivity index (χ1) is 8.86. The Morgan fingerprint density at radius 3 is 2.74 bits per heavy atom. The first-order valence-electron chi connectivity index (χ1n) is 5.14. The molecule has 0 fully saturated rings. The van der Waals surface area contributed by atoms with E-state index in [0.717, 1.165) is 6.07 Å². The van der Waals surface area contributed by atoms with E-state index in [1.807, 2.05) is 0 Å². The monoisotopic (exact) mass is 294 g/mol. The minimum Gasteiger partial charge on any atom is -0.466 e. The molecular weight excluding hydrogens is 286 g/mol. The number of rotatable bonds is 5. The molecule has 1 aromatic rings. The van der Waals surface area contributed by atoms with Crippen molar-refractivity contribution in [3.63, 3.8) is 0 Å². The van der Waals surface area contributed by atoms with Gasteiger partial charge in [0.05, 0.1) is 23.6 Å². The van der Waals surface area contributed by atoms with Crippen LogP contribution < -0.4 is 0 Å². The summed E-state index contributed by atoms with van der Waals surface area (Å²) in [7, 11) is 0. The third-order valence-corrected chi connectivity index (χ3v) is 2.33. The minimum atomic E-state index is -3.17. The summed E-state index contributed by atoms with van der Waals surface area (Å²) < 4.78 is 30.0. The van der Waals surface area contributed by atoms with Gasteiger partial charge in [-0.1, -0.05) is 11.6 Å². The van der Waals surface area contributed by atoms with Crippen LogP contribution in [0.4, 0.5) is 14.5 Å². The Morgan fingerprint density at radius 1 is 1.63 bits per heavy atom. The van der Waals surface area contributed by atoms with Gasteiger partial charge >= 0.3 is 11.7 Å². The highest BCUT2D eigenvalue weighted by molar-refractivity contribution is 6.32. The maximum Gasteiger partial charge on any atom is 0.315 e. The quantitative estimate of drug-likeness (QED) is 0.474. The molecule has 0 aliphatic heterocycles. The summed E-state index contributed by atoms with van der Waals surface area (Å²) >= 11 is 5.57. The Morgan fingerprint density at radius 2 is 2.26 bits per heavy atom. The third-order valence-electron chi connectivity index (χ3n) is 2.05. The van der Waals surface area contributed by atoms with Gasteiger partial charge in [0.25, 0.3) is 6.43 Å². The molecule has 6 nitrogen and oxygen atoms in total. The molecule has 0 spiro atoms. The molecule has 9 heteroatoms. The first kappa shape index (κ1) is 15.2. The van der Waals surface area contributed by atoms with E-state index in [1.54, 1.807) is 6.92 Å². The van der Waals surface area contributed by atoms with Gasteiger partial charge in [0.2, 0.25) is 0 Å². The molecule has 104 valence electrons. The fourth-order valence-electron chi connectivity index (χ4n) is 1.36. The van der Waals surface area contributed by atoms with Crippen LogP contribution in [-0.4, -0.2) is 22.5 Å². The lowest BCUT2D eigenvalue weighted by molar-refractivity contribution is -0.386. The Kier molecular flexibility index (Phi) is 5.11. The van der Waals surface area contributed by atoms with Crippen molar-refractivity contribution >= 4 is 23.3 Å². The number of nitro groups is 1. The number of carbonyl (C=O) groups is 1. The van der Waals surface area contributed by atoms with Crippen molar-refractivity contribution in [3.05, 3.63) is 32.6 Å². The largest absolute Gasteiger partial charge is 0.466 e. The van der Waals surface area contributed by atoms with Crippen LogP contribution in [-0.2, 0) is 16.0 Å². The molecule has 0 saturated heterocycles. The number of aromatic nitrogens is 1. The topological polar surface area (TPSA) is 82.3 Å². The van der Waals surface area contributed by atoms with Crippen LogP contribution in [0, 0.1) is 10.1 Å². The fraction of sp³-hybridized carbons (Fsp3) is 0.400. The highest BCUT2D eigenvalue weighted by atomic mass is 35.5. The van der Waals surface area contributed by atoms with E-state index in [1.165, 1.54) is 0 Å². The molecule has 0 aliphatic rings. The summed E-state index contributed by atoms with van der Waals surface area (Å²) in [6.07, 6.45) is -3.55. The first-order valence-corrected chi connectivity index (χ1v) is 5.52. The zero-order valence-electron chi connectivity index (χ0n) is 9.73. The lowest BCUT2D eigenvalue weighted by atomic mass is 10.2. The van der Waals surface area contributed by atoms with Crippen molar-refractivity contribution in [1.29, 1.82) is 0 Å². The molecule has 0 bridgehead atoms. The van der Waals surface area contributed by atoms with Crippen LogP contribution in [0.15, 0.2) is 6.07 Å². The SMILES string of the molecule is CCOC(=O)Cc1cc(Cl)c([N+](=O)[O-])c(C(F)F)n1. The molecule has 1 heterocycles. The summed E-state index contributed by atoms with van der Waals surface area (Å²) in [4.78, 5) is 24.2. The van der Waals surface area contributed by atoms with Crippen molar-refractivity contribution in [2.75, 3.05) is 6.61 Å². The van der Waals surface area contributed by atoms with Crippen LogP contribution in [0.2, 0.25) is 5.02 Å². The number of pyridine rings is 1. The number of alkyl halides is 2. The van der Waals surface area contributed by atoms with Gasteiger partial charge < -0.3 is 4.74 Å². The third kappa shape index (κ3) is 3.82. The van der Waals surface area contributed by atoms with Crippen molar-refractivity contribution in [1.82, 2.24) is 4.98 Å². The second-order valence-electron chi connectivity index (χ2n) is 3.37. The van der Waals surface area contributed by atoms with E-state index in [9.17, 15) is 23.7 Å². The van der Waals surface area contributed by atoms with Crippen molar-refractivity contribution in [3.8, 4) is 0 Å². The lowest BCUT2D eigenvalue weighted by Crippen LogP contribution is -2.11. The molecule has 19 heavy (non-hydrogen) atoms. The molecule has 0 saturated carbocycles. The Labute approximate surface area is 111 Å². The predicted molar refractivity (Wildman–Crippen MR) is 61.2 cm³/mol. The van der Waals surface area contributed by atoms with Crippen molar-refractivity contribution < 1.29 is 23.2 Å². The molecule has 0 aliphatic carbocycles. The summed E-state index contributed by atoms with van der Waals surface area (Å²) in [5.74, 6) is -0.680. The molecule has 1 rings (SSSR count). The second-order valence-corrected chi connectivity index (χ2v) is 3.78. The number of hydrogen-bond donors (Lipinski definition) is 0. The van der Waals surface area contributed by atoms with Gasteiger partial charge in [-0.05, 0) is 13.0 Å². The van der Waals surface area contributed by atoms with Gasteiger partial charge in [0.15, 0.2) is 5.69 Å². The van der Waals surface area contributed by atoms with Gasteiger partial charge in [-0.25, -0.2) is 13.8 Å². The molecule has 0 unspecified atom stereocenters. The maximum atomic E-state index is 12.7. The van der Waals surface area contributed by atoms with E-state index in [4.69, 9.17) is 11.6 Å². The highest BCUT2D eigenvalue weighted by Gasteiger charge is 2.28. The van der Waals surface area contributed by atoms with Crippen LogP contribution in [0.5, 0.6) is 0 Å². The zero-order chi connectivity index (χ0) is 14.6. The fourth-order valence-corrected chi connectivity index (χ4v) is 1.65. The molecule has 0 amide bonds. The molecule has 0 N–H and O–H groups in total. The van der Waals surface area contributed by atoms with Gasteiger partial charge in [-0.3, -0.25) is 14.9 Å². The average Bonchev–Trinajstić information content (AvgIpc) is 2.27. The smallest absolute Gasteiger partial charge is 0.315 e. The minimum absolute atomic E-state index is 0.107. The van der Waals surface area contributed by atoms with Crippen LogP contribution in [0.25, 0.3) is 0 Å². The lowest BCUT2D eigenvalue weighted by Gasteiger charge is -2.06. The predicted octanol–water partition coefficient (Wildman–Crippen LogP) is 2.69. The number of hydrogen-bond acceptors (Lipinski definition) is 5. The van der Waals surface area contributed by atoms with Crippen molar-refractivity contribution in [2.24, 2.45) is 0 Å². The Balaban J connectivity index is 3.17. The zero-order valence-corrected chi connectivity index (χ0v) is 10.5. The molecule has 0 atom stereocenters. The van der Waals surface area contributed by atoms with E-state index in [2.05, 4.69) is 9.72 Å². The molecular formula is C10H9ClF2N2O4. The van der Waals surface area contributed by atoms with E-state index >= 15 is 0 Å². The van der Waals surface area contributed by atoms with E-state index < -0.39 is 33.7 Å². The van der Waals surface area contributed by atoms with Gasteiger partial charge in [0.1, 0.15) is 5.02 Å². The van der Waals surface area contributed by atoms with E-state index in [0.29, 0.717) is 0 Å². The standard InChI is InChI=1S/C10H9ClF2N2O4/c1-2-19-7(16)4-5-3-6(11)9(15(17)18)8(14-5)10(12)13/h3,10H,2,4H2,1H3. The van der Waals surface area contributed by atoms with Crippen LogP contribution in [0.1, 0.15) is 24.7 Å². The Hall–Kier alpha value is -1.83. The number of esters is 1.